The third kappa shape index (κ3) is 6.02. The topological polar surface area (TPSA) is 64.6 Å². The van der Waals surface area contributed by atoms with Crippen molar-refractivity contribution in [1.29, 1.82) is 0 Å². The van der Waals surface area contributed by atoms with Crippen molar-refractivity contribution in [2.45, 2.75) is 26.1 Å². The Morgan fingerprint density at radius 2 is 1.67 bits per heavy atom. The molecule has 0 unspecified atom stereocenters. The second-order valence-electron chi connectivity index (χ2n) is 5.86. The van der Waals surface area contributed by atoms with Gasteiger partial charge in [-0.05, 0) is 50.2 Å². The highest BCUT2D eigenvalue weighted by Gasteiger charge is 2.33. The van der Waals surface area contributed by atoms with Crippen LogP contribution in [0.25, 0.3) is 0 Å². The zero-order valence-corrected chi connectivity index (χ0v) is 14.7. The highest BCUT2D eigenvalue weighted by molar-refractivity contribution is 5.96. The van der Waals surface area contributed by atoms with E-state index in [0.29, 0.717) is 5.75 Å². The minimum absolute atomic E-state index is 0.0222. The summed E-state index contributed by atoms with van der Waals surface area (Å²) in [7, 11) is 0. The van der Waals surface area contributed by atoms with Crippen LogP contribution in [0.5, 0.6) is 5.75 Å². The second-order valence-corrected chi connectivity index (χ2v) is 5.86. The molecular weight excluding hydrogens is 363 g/mol. The minimum atomic E-state index is -4.61. The van der Waals surface area contributed by atoms with Crippen LogP contribution in [0.3, 0.4) is 0 Å². The average Bonchev–Trinajstić information content (AvgIpc) is 2.59. The fraction of sp³-hybridized carbons (Fsp3) is 0.263. The summed E-state index contributed by atoms with van der Waals surface area (Å²) in [6.45, 7) is 3.00. The van der Waals surface area contributed by atoms with Crippen molar-refractivity contribution in [3.8, 4) is 5.75 Å². The number of alkyl halides is 3. The largest absolute Gasteiger partial charge is 0.491 e. The number of nitrogens with one attached hydrogen (secondary N) is 1. The number of amides is 1. The number of halogens is 3. The number of ether oxygens (including phenoxy) is 2. The monoisotopic (exact) mass is 381 g/mol. The average molecular weight is 381 g/mol. The first-order valence-electron chi connectivity index (χ1n) is 8.06. The summed E-state index contributed by atoms with van der Waals surface area (Å²) in [5.74, 6) is -1.08. The lowest BCUT2D eigenvalue weighted by Crippen LogP contribution is -2.22. The molecule has 0 aliphatic heterocycles. The Hall–Kier alpha value is -3.03. The quantitative estimate of drug-likeness (QED) is 0.759. The van der Waals surface area contributed by atoms with Crippen LogP contribution in [-0.2, 0) is 15.7 Å². The van der Waals surface area contributed by atoms with Crippen molar-refractivity contribution in [2.75, 3.05) is 11.9 Å². The molecule has 0 aliphatic rings. The Balaban J connectivity index is 1.93. The Labute approximate surface area is 154 Å². The normalized spacial score (nSPS) is 11.2. The van der Waals surface area contributed by atoms with Gasteiger partial charge in [-0.2, -0.15) is 13.2 Å². The summed E-state index contributed by atoms with van der Waals surface area (Å²) in [5, 5.41) is 2.10. The van der Waals surface area contributed by atoms with Crippen molar-refractivity contribution in [1.82, 2.24) is 0 Å². The van der Waals surface area contributed by atoms with Crippen molar-refractivity contribution >= 4 is 17.6 Å². The van der Waals surface area contributed by atoms with Gasteiger partial charge in [0.05, 0.1) is 22.9 Å². The number of hydrogen-bond donors (Lipinski definition) is 1. The SMILES string of the molecule is CC(C)Oc1ccc(C(=O)OCC(=O)Nc2ccccc2C(F)(F)F)cc1. The molecule has 0 spiro atoms. The molecule has 0 fully saturated rings. The van der Waals surface area contributed by atoms with Crippen molar-refractivity contribution < 1.29 is 32.2 Å². The number of esters is 1. The van der Waals surface area contributed by atoms with Crippen LogP contribution in [0.2, 0.25) is 0 Å². The molecule has 0 atom stereocenters. The number of carbonyl (C=O) groups excluding carboxylic acids is 2. The van der Waals surface area contributed by atoms with Gasteiger partial charge in [-0.25, -0.2) is 4.79 Å². The fourth-order valence-electron chi connectivity index (χ4n) is 2.18. The van der Waals surface area contributed by atoms with E-state index in [1.807, 2.05) is 13.8 Å². The van der Waals surface area contributed by atoms with Crippen molar-refractivity contribution in [2.24, 2.45) is 0 Å². The molecule has 0 radical (unpaired) electrons. The molecule has 0 heterocycles. The molecule has 1 N–H and O–H groups in total. The summed E-state index contributed by atoms with van der Waals surface area (Å²) in [6, 6.07) is 10.6. The first-order valence-corrected chi connectivity index (χ1v) is 8.06. The van der Waals surface area contributed by atoms with Crippen molar-refractivity contribution in [3.05, 3.63) is 59.7 Å². The van der Waals surface area contributed by atoms with E-state index in [9.17, 15) is 22.8 Å². The van der Waals surface area contributed by atoms with Crippen LogP contribution in [-0.4, -0.2) is 24.6 Å². The van der Waals surface area contributed by atoms with Gasteiger partial charge < -0.3 is 14.8 Å². The van der Waals surface area contributed by atoms with Crippen LogP contribution in [0.15, 0.2) is 48.5 Å². The maximum absolute atomic E-state index is 12.9. The Bertz CT molecular complexity index is 801. The van der Waals surface area contributed by atoms with Gasteiger partial charge in [0.15, 0.2) is 6.61 Å². The second kappa shape index (κ2) is 8.57. The number of carbonyl (C=O) groups is 2. The molecule has 0 aliphatic carbocycles. The predicted octanol–water partition coefficient (Wildman–Crippen LogP) is 4.29. The van der Waals surface area contributed by atoms with Crippen LogP contribution in [0.4, 0.5) is 18.9 Å². The maximum Gasteiger partial charge on any atom is 0.418 e. The standard InChI is InChI=1S/C19H18F3NO4/c1-12(2)27-14-9-7-13(8-10-14)18(25)26-11-17(24)23-16-6-4-3-5-15(16)19(20,21)22/h3-10,12H,11H2,1-2H3,(H,23,24). The zero-order chi connectivity index (χ0) is 20.0. The molecule has 2 aromatic rings. The molecule has 0 bridgehead atoms. The molecule has 0 saturated carbocycles. The van der Waals surface area contributed by atoms with E-state index < -0.39 is 35.9 Å². The number of rotatable bonds is 6. The van der Waals surface area contributed by atoms with Gasteiger partial charge in [-0.1, -0.05) is 12.1 Å². The molecule has 0 aromatic heterocycles. The van der Waals surface area contributed by atoms with Gasteiger partial charge in [0, 0.05) is 0 Å². The van der Waals surface area contributed by atoms with Crippen LogP contribution >= 0.6 is 0 Å². The Morgan fingerprint density at radius 1 is 1.04 bits per heavy atom. The van der Waals surface area contributed by atoms with Crippen LogP contribution in [0.1, 0.15) is 29.8 Å². The summed E-state index contributed by atoms with van der Waals surface area (Å²) < 4.78 is 49.0. The molecule has 2 aromatic carbocycles. The van der Waals surface area contributed by atoms with Crippen molar-refractivity contribution in [3.63, 3.8) is 0 Å². The van der Waals surface area contributed by atoms with Gasteiger partial charge in [-0.3, -0.25) is 4.79 Å². The van der Waals surface area contributed by atoms with Gasteiger partial charge in [0.1, 0.15) is 5.75 Å². The van der Waals surface area contributed by atoms with Crippen LogP contribution in [0, 0.1) is 0 Å². The van der Waals surface area contributed by atoms with E-state index in [4.69, 9.17) is 9.47 Å². The summed E-state index contributed by atoms with van der Waals surface area (Å²) >= 11 is 0. The lowest BCUT2D eigenvalue weighted by molar-refractivity contribution is -0.137. The Morgan fingerprint density at radius 3 is 2.26 bits per heavy atom. The molecule has 1 amide bonds. The molecule has 5 nitrogen and oxygen atoms in total. The molecule has 27 heavy (non-hydrogen) atoms. The molecule has 8 heteroatoms. The van der Waals surface area contributed by atoms with Gasteiger partial charge in [0.25, 0.3) is 5.91 Å². The lowest BCUT2D eigenvalue weighted by atomic mass is 10.1. The van der Waals surface area contributed by atoms with E-state index in [2.05, 4.69) is 5.32 Å². The number of para-hydroxylation sites is 1. The first kappa shape index (κ1) is 20.3. The molecular formula is C19H18F3NO4. The Kier molecular flexibility index (Phi) is 6.44. The van der Waals surface area contributed by atoms with E-state index in [1.54, 1.807) is 12.1 Å². The van der Waals surface area contributed by atoms with Gasteiger partial charge in [-0.15, -0.1) is 0 Å². The summed E-state index contributed by atoms with van der Waals surface area (Å²) in [5.41, 5.74) is -1.19. The molecule has 0 saturated heterocycles. The summed E-state index contributed by atoms with van der Waals surface area (Å²) in [4.78, 5) is 23.8. The number of anilines is 1. The third-order valence-corrected chi connectivity index (χ3v) is 3.30. The van der Waals surface area contributed by atoms with Gasteiger partial charge >= 0.3 is 12.1 Å². The predicted molar refractivity (Wildman–Crippen MR) is 92.6 cm³/mol. The van der Waals surface area contributed by atoms with E-state index in [0.717, 1.165) is 12.1 Å². The number of benzene rings is 2. The summed E-state index contributed by atoms with van der Waals surface area (Å²) in [6.07, 6.45) is -4.63. The van der Waals surface area contributed by atoms with E-state index in [-0.39, 0.29) is 11.7 Å². The number of hydrogen-bond acceptors (Lipinski definition) is 4. The lowest BCUT2D eigenvalue weighted by Gasteiger charge is -2.13. The zero-order valence-electron chi connectivity index (χ0n) is 14.7. The fourth-order valence-corrected chi connectivity index (χ4v) is 2.18. The maximum atomic E-state index is 12.9. The van der Waals surface area contributed by atoms with Crippen LogP contribution < -0.4 is 10.1 Å². The molecule has 144 valence electrons. The highest BCUT2D eigenvalue weighted by atomic mass is 19.4. The van der Waals surface area contributed by atoms with E-state index >= 15 is 0 Å². The smallest absolute Gasteiger partial charge is 0.418 e. The molecule has 2 rings (SSSR count). The third-order valence-electron chi connectivity index (χ3n) is 3.30. The highest BCUT2D eigenvalue weighted by Crippen LogP contribution is 2.34. The van der Waals surface area contributed by atoms with E-state index in [1.165, 1.54) is 24.3 Å². The van der Waals surface area contributed by atoms with Gasteiger partial charge in [0.2, 0.25) is 0 Å². The minimum Gasteiger partial charge on any atom is -0.491 e. The first-order chi connectivity index (χ1) is 12.7.